The minimum atomic E-state index is -0.230. The first kappa shape index (κ1) is 10.4. The van der Waals surface area contributed by atoms with Crippen LogP contribution in [0.4, 0.5) is 0 Å². The monoisotopic (exact) mass is 217 g/mol. The number of nitrogens with zero attached hydrogens (tertiary/aromatic N) is 2. The van der Waals surface area contributed by atoms with E-state index in [0.717, 1.165) is 12.0 Å². The molecule has 16 heavy (non-hydrogen) atoms. The van der Waals surface area contributed by atoms with Crippen LogP contribution in [0.1, 0.15) is 11.5 Å². The number of hydrogen-bond donors (Lipinski definition) is 1. The van der Waals surface area contributed by atoms with Crippen molar-refractivity contribution >= 4 is 6.41 Å². The first-order valence-electron chi connectivity index (χ1n) is 5.02. The van der Waals surface area contributed by atoms with Crippen LogP contribution in [0.3, 0.4) is 0 Å². The fraction of sp³-hybridized carbons (Fsp3) is 0.364. The van der Waals surface area contributed by atoms with Gasteiger partial charge in [-0.1, -0.05) is 0 Å². The average Bonchev–Trinajstić information content (AvgIpc) is 2.72. The van der Waals surface area contributed by atoms with Gasteiger partial charge in [0, 0.05) is 31.3 Å². The van der Waals surface area contributed by atoms with E-state index in [-0.39, 0.29) is 17.4 Å². The zero-order valence-electron chi connectivity index (χ0n) is 8.59. The Hall–Kier alpha value is -2.09. The summed E-state index contributed by atoms with van der Waals surface area (Å²) in [7, 11) is 0. The van der Waals surface area contributed by atoms with Crippen molar-refractivity contribution in [2.75, 3.05) is 13.1 Å². The van der Waals surface area contributed by atoms with Crippen LogP contribution in [0.25, 0.3) is 0 Å². The van der Waals surface area contributed by atoms with E-state index in [1.807, 2.05) is 0 Å². The lowest BCUT2D eigenvalue weighted by Gasteiger charge is -2.11. The fourth-order valence-corrected chi connectivity index (χ4v) is 2.08. The van der Waals surface area contributed by atoms with Crippen molar-refractivity contribution in [3.63, 3.8) is 0 Å². The molecule has 1 aromatic rings. The van der Waals surface area contributed by atoms with E-state index >= 15 is 0 Å². The normalized spacial score (nSPS) is 24.1. The minimum Gasteiger partial charge on any atom is -0.343 e. The first-order valence-corrected chi connectivity index (χ1v) is 5.02. The van der Waals surface area contributed by atoms with Gasteiger partial charge in [-0.25, -0.2) is 0 Å². The molecule has 0 aromatic carbocycles. The molecule has 1 aliphatic rings. The number of nitriles is 1. The van der Waals surface area contributed by atoms with Gasteiger partial charge in [-0.05, 0) is 11.6 Å². The molecule has 1 aliphatic heterocycles. The number of rotatable bonds is 2. The molecule has 1 saturated heterocycles. The van der Waals surface area contributed by atoms with E-state index < -0.39 is 0 Å². The lowest BCUT2D eigenvalue weighted by atomic mass is 9.91. The molecule has 5 nitrogen and oxygen atoms in total. The Morgan fingerprint density at radius 1 is 1.56 bits per heavy atom. The number of nitrogens with one attached hydrogen (secondary N) is 1. The lowest BCUT2D eigenvalue weighted by Crippen LogP contribution is -2.18. The highest BCUT2D eigenvalue weighted by molar-refractivity contribution is 5.49. The predicted octanol–water partition coefficient (Wildman–Crippen LogP) is 0.0703. The summed E-state index contributed by atoms with van der Waals surface area (Å²) in [5.41, 5.74) is 0.637. The van der Waals surface area contributed by atoms with Crippen LogP contribution in [0.15, 0.2) is 23.1 Å². The quantitative estimate of drug-likeness (QED) is 0.712. The molecule has 2 heterocycles. The zero-order valence-corrected chi connectivity index (χ0v) is 8.59. The number of aromatic nitrogens is 1. The van der Waals surface area contributed by atoms with Crippen LogP contribution >= 0.6 is 0 Å². The van der Waals surface area contributed by atoms with Crippen LogP contribution < -0.4 is 5.56 Å². The minimum absolute atomic E-state index is 0.0579. The van der Waals surface area contributed by atoms with Crippen molar-refractivity contribution in [1.82, 2.24) is 9.88 Å². The summed E-state index contributed by atoms with van der Waals surface area (Å²) in [6.45, 7) is 0.947. The lowest BCUT2D eigenvalue weighted by molar-refractivity contribution is -0.117. The number of likely N-dealkylation sites (tertiary alicyclic amines) is 1. The Bertz CT molecular complexity index is 488. The maximum Gasteiger partial charge on any atom is 0.248 e. The zero-order chi connectivity index (χ0) is 11.5. The largest absolute Gasteiger partial charge is 0.343 e. The third-order valence-electron chi connectivity index (χ3n) is 2.89. The van der Waals surface area contributed by atoms with Gasteiger partial charge < -0.3 is 9.88 Å². The third-order valence-corrected chi connectivity index (χ3v) is 2.89. The van der Waals surface area contributed by atoms with Crippen LogP contribution in [0.2, 0.25) is 0 Å². The van der Waals surface area contributed by atoms with E-state index in [2.05, 4.69) is 11.1 Å². The molecule has 1 N–H and O–H groups in total. The number of hydrogen-bond acceptors (Lipinski definition) is 3. The average molecular weight is 217 g/mol. The smallest absolute Gasteiger partial charge is 0.248 e. The summed E-state index contributed by atoms with van der Waals surface area (Å²) in [6.07, 6.45) is 2.31. The molecule has 0 radical (unpaired) electrons. The molecule has 2 rings (SSSR count). The SMILES string of the molecule is N#CC1CN(C=O)C[C@@H]1c1cc[nH]c(=O)c1. The van der Waals surface area contributed by atoms with Crippen molar-refractivity contribution < 1.29 is 4.79 Å². The number of carbonyl (C=O) groups excluding carboxylic acids is 1. The Morgan fingerprint density at radius 3 is 3.00 bits per heavy atom. The molecule has 0 spiro atoms. The molecule has 1 amide bonds. The third kappa shape index (κ3) is 1.82. The van der Waals surface area contributed by atoms with Crippen LogP contribution in [0.5, 0.6) is 0 Å². The van der Waals surface area contributed by atoms with Crippen molar-refractivity contribution in [3.05, 3.63) is 34.2 Å². The molecule has 5 heteroatoms. The fourth-order valence-electron chi connectivity index (χ4n) is 2.08. The van der Waals surface area contributed by atoms with Gasteiger partial charge in [0.05, 0.1) is 12.0 Å². The van der Waals surface area contributed by atoms with Gasteiger partial charge in [-0.2, -0.15) is 5.26 Å². The van der Waals surface area contributed by atoms with E-state index in [9.17, 15) is 9.59 Å². The second-order valence-corrected chi connectivity index (χ2v) is 3.89. The Kier molecular flexibility index (Phi) is 2.73. The van der Waals surface area contributed by atoms with Gasteiger partial charge in [0.25, 0.3) is 0 Å². The maximum absolute atomic E-state index is 11.2. The summed E-state index contributed by atoms with van der Waals surface area (Å²) >= 11 is 0. The Labute approximate surface area is 92.3 Å². The number of aromatic amines is 1. The standard InChI is InChI=1S/C11H11N3O2/c12-4-9-5-14(7-15)6-10(9)8-1-2-13-11(16)3-8/h1-3,7,9-10H,5-6H2,(H,13,16)/t9?,10-/m1/s1. The molecule has 0 saturated carbocycles. The summed E-state index contributed by atoms with van der Waals surface area (Å²) in [5.74, 6) is -0.288. The van der Waals surface area contributed by atoms with Gasteiger partial charge >= 0.3 is 0 Å². The molecule has 82 valence electrons. The summed E-state index contributed by atoms with van der Waals surface area (Å²) in [5, 5.41) is 9.00. The van der Waals surface area contributed by atoms with E-state index in [1.54, 1.807) is 17.2 Å². The molecular weight excluding hydrogens is 206 g/mol. The second kappa shape index (κ2) is 4.19. The summed E-state index contributed by atoms with van der Waals surface area (Å²) in [4.78, 5) is 25.9. The molecule has 1 aromatic heterocycles. The van der Waals surface area contributed by atoms with Gasteiger partial charge in [0.1, 0.15) is 0 Å². The molecule has 2 atom stereocenters. The Morgan fingerprint density at radius 2 is 2.38 bits per heavy atom. The maximum atomic E-state index is 11.2. The molecule has 1 unspecified atom stereocenters. The number of pyridine rings is 1. The second-order valence-electron chi connectivity index (χ2n) is 3.89. The highest BCUT2D eigenvalue weighted by Crippen LogP contribution is 2.30. The topological polar surface area (TPSA) is 77.0 Å². The van der Waals surface area contributed by atoms with Crippen molar-refractivity contribution in [1.29, 1.82) is 5.26 Å². The van der Waals surface area contributed by atoms with E-state index in [0.29, 0.717) is 13.1 Å². The predicted molar refractivity (Wildman–Crippen MR) is 56.5 cm³/mol. The first-order chi connectivity index (χ1) is 7.74. The van der Waals surface area contributed by atoms with Crippen molar-refractivity contribution in [2.24, 2.45) is 5.92 Å². The Balaban J connectivity index is 2.30. The molecular formula is C11H11N3O2. The van der Waals surface area contributed by atoms with E-state index in [1.165, 1.54) is 6.07 Å². The van der Waals surface area contributed by atoms with Gasteiger partial charge in [0.2, 0.25) is 12.0 Å². The summed E-state index contributed by atoms with van der Waals surface area (Å²) < 4.78 is 0. The summed E-state index contributed by atoms with van der Waals surface area (Å²) in [6, 6.07) is 5.46. The highest BCUT2D eigenvalue weighted by atomic mass is 16.1. The number of amides is 1. The highest BCUT2D eigenvalue weighted by Gasteiger charge is 2.33. The van der Waals surface area contributed by atoms with Gasteiger partial charge in [-0.3, -0.25) is 9.59 Å². The van der Waals surface area contributed by atoms with Crippen molar-refractivity contribution in [2.45, 2.75) is 5.92 Å². The van der Waals surface area contributed by atoms with Crippen LogP contribution in [-0.4, -0.2) is 29.4 Å². The van der Waals surface area contributed by atoms with E-state index in [4.69, 9.17) is 5.26 Å². The molecule has 0 bridgehead atoms. The number of carbonyl (C=O) groups is 1. The van der Waals surface area contributed by atoms with Crippen molar-refractivity contribution in [3.8, 4) is 6.07 Å². The van der Waals surface area contributed by atoms with Gasteiger partial charge in [0.15, 0.2) is 0 Å². The van der Waals surface area contributed by atoms with Crippen LogP contribution in [-0.2, 0) is 4.79 Å². The number of H-pyrrole nitrogens is 1. The van der Waals surface area contributed by atoms with Gasteiger partial charge in [-0.15, -0.1) is 0 Å². The molecule has 1 fully saturated rings. The van der Waals surface area contributed by atoms with Crippen LogP contribution in [0, 0.1) is 17.2 Å². The molecule has 0 aliphatic carbocycles.